The summed E-state index contributed by atoms with van der Waals surface area (Å²) in [6, 6.07) is 12.9. The molecule has 6 N–H and O–H groups in total. The minimum absolute atomic E-state index is 0.0280. The summed E-state index contributed by atoms with van der Waals surface area (Å²) in [5.41, 5.74) is 0.560. The summed E-state index contributed by atoms with van der Waals surface area (Å²) >= 11 is 0. The number of sulfonamides is 2. The van der Waals surface area contributed by atoms with Crippen molar-refractivity contribution in [2.75, 3.05) is 5.32 Å². The van der Waals surface area contributed by atoms with Gasteiger partial charge in [-0.05, 0) is 54.7 Å². The highest BCUT2D eigenvalue weighted by atomic mass is 32.2. The van der Waals surface area contributed by atoms with E-state index in [0.717, 1.165) is 6.20 Å². The number of nitrogens with two attached hydrogens (primary N) is 1. The summed E-state index contributed by atoms with van der Waals surface area (Å²) in [5.74, 6) is -0.242. The van der Waals surface area contributed by atoms with Crippen LogP contribution in [0.15, 0.2) is 76.7 Å². The molecule has 0 saturated heterocycles. The van der Waals surface area contributed by atoms with Crippen molar-refractivity contribution in [3.63, 3.8) is 0 Å². The van der Waals surface area contributed by atoms with Gasteiger partial charge in [0.15, 0.2) is 0 Å². The molecule has 0 aliphatic heterocycles. The first-order valence-electron chi connectivity index (χ1n) is 11.6. The Morgan fingerprint density at radius 2 is 1.69 bits per heavy atom. The molecular weight excluding hydrogens is 550 g/mol. The molecule has 202 valence electrons. The molecule has 4 aromatic rings. The van der Waals surface area contributed by atoms with Crippen LogP contribution < -0.4 is 25.4 Å². The van der Waals surface area contributed by atoms with E-state index in [1.165, 1.54) is 60.7 Å². The van der Waals surface area contributed by atoms with Crippen molar-refractivity contribution in [3.8, 4) is 11.5 Å². The Morgan fingerprint density at radius 3 is 2.33 bits per heavy atom. The third-order valence-electron chi connectivity index (χ3n) is 5.87. The zero-order valence-electron chi connectivity index (χ0n) is 20.1. The van der Waals surface area contributed by atoms with Gasteiger partial charge < -0.3 is 20.1 Å². The molecule has 0 atom stereocenters. The lowest BCUT2D eigenvalue weighted by Crippen LogP contribution is -2.29. The molecule has 0 unspecified atom stereocenters. The van der Waals surface area contributed by atoms with Crippen LogP contribution in [0.5, 0.6) is 11.5 Å². The maximum atomic E-state index is 13.3. The van der Waals surface area contributed by atoms with Crippen molar-refractivity contribution in [1.29, 1.82) is 0 Å². The number of fused-ring (bicyclic) bond motifs is 1. The second-order valence-electron chi connectivity index (χ2n) is 8.96. The highest BCUT2D eigenvalue weighted by Gasteiger charge is 2.31. The lowest BCUT2D eigenvalue weighted by atomic mass is 9.80. The minimum atomic E-state index is -4.22. The average molecular weight is 572 g/mol. The molecule has 1 aliphatic carbocycles. The molecular formula is C24H22BFN4O7S2. The lowest BCUT2D eigenvalue weighted by Gasteiger charge is -2.17. The van der Waals surface area contributed by atoms with Crippen LogP contribution in [0, 0.1) is 5.82 Å². The fraction of sp³-hybridized carbons (Fsp3) is 0.125. The molecule has 1 saturated carbocycles. The third-order valence-corrected chi connectivity index (χ3v) is 8.30. The van der Waals surface area contributed by atoms with Gasteiger partial charge in [0.05, 0.1) is 16.1 Å². The normalized spacial score (nSPS) is 13.8. The number of ether oxygens (including phenoxy) is 1. The number of rotatable bonds is 9. The highest BCUT2D eigenvalue weighted by molar-refractivity contribution is 7.89. The van der Waals surface area contributed by atoms with Crippen molar-refractivity contribution >= 4 is 54.9 Å². The Morgan fingerprint density at radius 1 is 0.974 bits per heavy atom. The Labute approximate surface area is 223 Å². The van der Waals surface area contributed by atoms with Gasteiger partial charge in [-0.3, -0.25) is 4.98 Å². The number of benzene rings is 3. The fourth-order valence-corrected chi connectivity index (χ4v) is 5.81. The fourth-order valence-electron chi connectivity index (χ4n) is 3.82. The van der Waals surface area contributed by atoms with E-state index in [9.17, 15) is 31.3 Å². The first-order valence-corrected chi connectivity index (χ1v) is 14.6. The highest BCUT2D eigenvalue weighted by Crippen LogP contribution is 2.35. The van der Waals surface area contributed by atoms with Gasteiger partial charge in [-0.1, -0.05) is 12.1 Å². The van der Waals surface area contributed by atoms with Crippen LogP contribution in [0.25, 0.3) is 10.9 Å². The topological polar surface area (TPSA) is 181 Å². The molecule has 1 aliphatic rings. The van der Waals surface area contributed by atoms with Crippen molar-refractivity contribution in [2.24, 2.45) is 5.14 Å². The number of aromatic nitrogens is 1. The van der Waals surface area contributed by atoms with Gasteiger partial charge in [0.25, 0.3) is 0 Å². The van der Waals surface area contributed by atoms with E-state index in [2.05, 4.69) is 15.0 Å². The quantitative estimate of drug-likeness (QED) is 0.187. The summed E-state index contributed by atoms with van der Waals surface area (Å²) < 4.78 is 72.6. The van der Waals surface area contributed by atoms with Crippen LogP contribution in [0.3, 0.4) is 0 Å². The van der Waals surface area contributed by atoms with Crippen LogP contribution in [0.1, 0.15) is 12.8 Å². The van der Waals surface area contributed by atoms with E-state index in [-0.39, 0.29) is 49.7 Å². The van der Waals surface area contributed by atoms with Crippen LogP contribution in [0.4, 0.5) is 15.8 Å². The Kier molecular flexibility index (Phi) is 7.05. The summed E-state index contributed by atoms with van der Waals surface area (Å²) in [4.78, 5) is 3.67. The van der Waals surface area contributed by atoms with E-state index >= 15 is 0 Å². The van der Waals surface area contributed by atoms with Gasteiger partial charge in [0, 0.05) is 35.4 Å². The maximum Gasteiger partial charge on any atom is 0.488 e. The number of halogens is 1. The molecule has 15 heteroatoms. The molecule has 39 heavy (non-hydrogen) atoms. The Balaban J connectivity index is 1.64. The van der Waals surface area contributed by atoms with Crippen molar-refractivity contribution in [1.82, 2.24) is 9.71 Å². The second kappa shape index (κ2) is 10.2. The standard InChI is InChI=1S/C24H22BFN4O7S2/c26-15-2-6-18(7-3-15)37-19-10-17(11-20(12-19)38(27,33)34)29-24-21-8-1-14(25(31)32)9-22(21)28-13-23(24)39(35,36)30-16-4-5-16/h1-3,6-13,16,30-32H,4-5H2,(H,28,29)(H2,27,33,34). The van der Waals surface area contributed by atoms with Gasteiger partial charge in [-0.15, -0.1) is 0 Å². The molecule has 5 rings (SSSR count). The van der Waals surface area contributed by atoms with Gasteiger partial charge in [0.1, 0.15) is 22.2 Å². The van der Waals surface area contributed by atoms with Crippen molar-refractivity contribution in [3.05, 3.63) is 72.7 Å². The van der Waals surface area contributed by atoms with Crippen molar-refractivity contribution in [2.45, 2.75) is 28.7 Å². The monoisotopic (exact) mass is 572 g/mol. The second-order valence-corrected chi connectivity index (χ2v) is 12.2. The summed E-state index contributed by atoms with van der Waals surface area (Å²) in [6.07, 6.45) is 2.52. The molecule has 0 amide bonds. The van der Waals surface area contributed by atoms with E-state index in [4.69, 9.17) is 9.88 Å². The number of hydrogen-bond acceptors (Lipinski definition) is 9. The Hall–Kier alpha value is -3.60. The van der Waals surface area contributed by atoms with E-state index in [0.29, 0.717) is 18.2 Å². The molecule has 1 aromatic heterocycles. The predicted molar refractivity (Wildman–Crippen MR) is 142 cm³/mol. The smallest absolute Gasteiger partial charge is 0.457 e. The molecule has 1 fully saturated rings. The average Bonchev–Trinajstić information content (AvgIpc) is 3.68. The molecule has 0 spiro atoms. The summed E-state index contributed by atoms with van der Waals surface area (Å²) in [6.45, 7) is 0. The third kappa shape index (κ3) is 6.19. The number of nitrogens with zero attached hydrogens (tertiary/aromatic N) is 1. The number of hydrogen-bond donors (Lipinski definition) is 5. The minimum Gasteiger partial charge on any atom is -0.457 e. The molecule has 0 bridgehead atoms. The molecule has 1 heterocycles. The van der Waals surface area contributed by atoms with Crippen LogP contribution in [0.2, 0.25) is 0 Å². The van der Waals surface area contributed by atoms with Crippen LogP contribution in [-0.4, -0.2) is 45.0 Å². The van der Waals surface area contributed by atoms with Gasteiger partial charge in [-0.2, -0.15) is 0 Å². The zero-order valence-corrected chi connectivity index (χ0v) is 21.7. The number of primary sulfonamides is 1. The maximum absolute atomic E-state index is 13.3. The Bertz CT molecular complexity index is 1780. The number of pyridine rings is 1. The van der Waals surface area contributed by atoms with Crippen LogP contribution in [-0.2, 0) is 20.0 Å². The zero-order chi connectivity index (χ0) is 27.9. The van der Waals surface area contributed by atoms with Gasteiger partial charge >= 0.3 is 7.12 Å². The molecule has 0 radical (unpaired) electrons. The SMILES string of the molecule is NS(=O)(=O)c1cc(Nc2c(S(=O)(=O)NC3CC3)cnc3cc(B(O)O)ccc23)cc(Oc2ccc(F)cc2)c1. The number of anilines is 2. The summed E-state index contributed by atoms with van der Waals surface area (Å²) in [7, 11) is -10.0. The van der Waals surface area contributed by atoms with Crippen molar-refractivity contribution < 1.29 is 36.0 Å². The van der Waals surface area contributed by atoms with Gasteiger partial charge in [-0.25, -0.2) is 31.1 Å². The van der Waals surface area contributed by atoms with Crippen LogP contribution >= 0.6 is 0 Å². The first-order chi connectivity index (χ1) is 18.4. The largest absolute Gasteiger partial charge is 0.488 e. The summed E-state index contributed by atoms with van der Waals surface area (Å²) in [5, 5.41) is 27.8. The number of nitrogens with one attached hydrogen (secondary N) is 2. The first kappa shape index (κ1) is 27.0. The molecule has 3 aromatic carbocycles. The van der Waals surface area contributed by atoms with Gasteiger partial charge in [0.2, 0.25) is 20.0 Å². The predicted octanol–water partition coefficient (Wildman–Crippen LogP) is 1.68. The lowest BCUT2D eigenvalue weighted by molar-refractivity contribution is 0.426. The van der Waals surface area contributed by atoms with E-state index < -0.39 is 33.0 Å². The van der Waals surface area contributed by atoms with E-state index in [1.807, 2.05) is 0 Å². The van der Waals surface area contributed by atoms with E-state index in [1.54, 1.807) is 0 Å². The molecule has 11 nitrogen and oxygen atoms in total.